The molecule has 1 aromatic carbocycles. The molecule has 1 atom stereocenters. The van der Waals surface area contributed by atoms with E-state index in [-0.39, 0.29) is 18.6 Å². The number of benzene rings is 1. The van der Waals surface area contributed by atoms with Crippen molar-refractivity contribution in [1.29, 1.82) is 0 Å². The van der Waals surface area contributed by atoms with E-state index in [4.69, 9.17) is 0 Å². The van der Waals surface area contributed by atoms with Gasteiger partial charge < -0.3 is 15.4 Å². The third-order valence-electron chi connectivity index (χ3n) is 3.76. The third-order valence-corrected chi connectivity index (χ3v) is 3.76. The van der Waals surface area contributed by atoms with Crippen molar-refractivity contribution < 1.29 is 9.90 Å². The fourth-order valence-corrected chi connectivity index (χ4v) is 2.67. The summed E-state index contributed by atoms with van der Waals surface area (Å²) in [4.78, 5) is 23.6. The van der Waals surface area contributed by atoms with Crippen LogP contribution in [-0.2, 0) is 4.79 Å². The fraction of sp³-hybridized carbons (Fsp3) is 0.353. The topological polar surface area (TPSA) is 102 Å². The number of aromatic amines is 1. The molecule has 3 rings (SSSR count). The van der Waals surface area contributed by atoms with Gasteiger partial charge in [0.15, 0.2) is 0 Å². The number of aromatic nitrogens is 2. The standard InChI is InChI=1S/C17H21N5O2/c1-10(2)5-12(8-23)20-17-21-15(16(24)22-17)7-11-3-4-13-14(6-11)19-9-18-13/h3-4,6-7,9-10,12,23H,5,8H2,1-2H3,(H,18,19)(H2,20,21,22,24)/b15-7-/t12-/m1/s1. The number of H-pyrrole nitrogens is 1. The van der Waals surface area contributed by atoms with Gasteiger partial charge in [-0.2, -0.15) is 0 Å². The number of amides is 1. The van der Waals surface area contributed by atoms with Gasteiger partial charge in [0, 0.05) is 0 Å². The Morgan fingerprint density at radius 1 is 1.38 bits per heavy atom. The van der Waals surface area contributed by atoms with E-state index in [1.54, 1.807) is 12.4 Å². The van der Waals surface area contributed by atoms with E-state index in [1.807, 2.05) is 18.2 Å². The molecule has 7 heteroatoms. The number of carbonyl (C=O) groups is 1. The van der Waals surface area contributed by atoms with Crippen molar-refractivity contribution >= 4 is 29.0 Å². The van der Waals surface area contributed by atoms with E-state index in [1.165, 1.54) is 0 Å². The van der Waals surface area contributed by atoms with Gasteiger partial charge in [-0.05, 0) is 36.1 Å². The SMILES string of the molecule is CC(C)C[C@H](CO)NC1=N/C(=C\c2ccc3[nH]cnc3c2)C(=O)N1. The predicted molar refractivity (Wildman–Crippen MR) is 93.1 cm³/mol. The van der Waals surface area contributed by atoms with Gasteiger partial charge in [-0.3, -0.25) is 10.1 Å². The number of imidazole rings is 1. The average Bonchev–Trinajstić information content (AvgIpc) is 3.12. The van der Waals surface area contributed by atoms with Crippen LogP contribution in [-0.4, -0.2) is 39.6 Å². The van der Waals surface area contributed by atoms with Gasteiger partial charge in [-0.25, -0.2) is 9.98 Å². The molecule has 1 aliphatic heterocycles. The summed E-state index contributed by atoms with van der Waals surface area (Å²) >= 11 is 0. The number of fused-ring (bicyclic) bond motifs is 1. The molecule has 0 fully saturated rings. The molecule has 0 aliphatic carbocycles. The normalized spacial score (nSPS) is 17.4. The molecule has 24 heavy (non-hydrogen) atoms. The minimum Gasteiger partial charge on any atom is -0.394 e. The number of rotatable bonds is 5. The van der Waals surface area contributed by atoms with Gasteiger partial charge in [-0.1, -0.05) is 19.9 Å². The Hall–Kier alpha value is -2.67. The summed E-state index contributed by atoms with van der Waals surface area (Å²) in [6, 6.07) is 5.57. The maximum absolute atomic E-state index is 12.1. The first kappa shape index (κ1) is 16.2. The molecule has 2 aromatic rings. The Balaban J connectivity index is 1.77. The van der Waals surface area contributed by atoms with Crippen molar-refractivity contribution in [2.24, 2.45) is 10.9 Å². The first-order valence-corrected chi connectivity index (χ1v) is 7.97. The van der Waals surface area contributed by atoms with Crippen LogP contribution in [0.5, 0.6) is 0 Å². The smallest absolute Gasteiger partial charge is 0.276 e. The Kier molecular flexibility index (Phi) is 4.61. The first-order valence-electron chi connectivity index (χ1n) is 7.97. The van der Waals surface area contributed by atoms with Crippen molar-refractivity contribution in [3.05, 3.63) is 35.8 Å². The first-order chi connectivity index (χ1) is 11.5. The molecule has 0 radical (unpaired) electrons. The van der Waals surface area contributed by atoms with Crippen LogP contribution >= 0.6 is 0 Å². The third kappa shape index (κ3) is 3.62. The fourth-order valence-electron chi connectivity index (χ4n) is 2.67. The van der Waals surface area contributed by atoms with Gasteiger partial charge in [0.2, 0.25) is 5.96 Å². The number of aliphatic hydroxyl groups excluding tert-OH is 1. The summed E-state index contributed by atoms with van der Waals surface area (Å²) in [7, 11) is 0. The number of aliphatic hydroxyl groups is 1. The van der Waals surface area contributed by atoms with E-state index in [2.05, 4.69) is 39.4 Å². The van der Waals surface area contributed by atoms with Gasteiger partial charge in [0.25, 0.3) is 5.91 Å². The van der Waals surface area contributed by atoms with Crippen LogP contribution in [0.3, 0.4) is 0 Å². The number of hydrogen-bond acceptors (Lipinski definition) is 5. The summed E-state index contributed by atoms with van der Waals surface area (Å²) in [5, 5.41) is 15.2. The van der Waals surface area contributed by atoms with Crippen LogP contribution in [0, 0.1) is 5.92 Å². The molecule has 7 nitrogen and oxygen atoms in total. The molecule has 0 saturated carbocycles. The van der Waals surface area contributed by atoms with Crippen LogP contribution in [0.2, 0.25) is 0 Å². The van der Waals surface area contributed by atoms with E-state index >= 15 is 0 Å². The molecule has 2 heterocycles. The molecular weight excluding hydrogens is 306 g/mol. The van der Waals surface area contributed by atoms with E-state index in [9.17, 15) is 9.90 Å². The minimum atomic E-state index is -0.263. The van der Waals surface area contributed by atoms with Gasteiger partial charge in [-0.15, -0.1) is 0 Å². The molecule has 1 aliphatic rings. The lowest BCUT2D eigenvalue weighted by atomic mass is 10.0. The zero-order valence-electron chi connectivity index (χ0n) is 13.7. The Morgan fingerprint density at radius 2 is 2.21 bits per heavy atom. The highest BCUT2D eigenvalue weighted by Crippen LogP contribution is 2.16. The van der Waals surface area contributed by atoms with Gasteiger partial charge >= 0.3 is 0 Å². The molecule has 0 unspecified atom stereocenters. The molecule has 0 spiro atoms. The van der Waals surface area contributed by atoms with Crippen molar-refractivity contribution in [3.63, 3.8) is 0 Å². The lowest BCUT2D eigenvalue weighted by Crippen LogP contribution is -2.44. The molecular formula is C17H21N5O2. The maximum atomic E-state index is 12.1. The summed E-state index contributed by atoms with van der Waals surface area (Å²) in [5.74, 6) is 0.551. The maximum Gasteiger partial charge on any atom is 0.276 e. The molecule has 126 valence electrons. The summed E-state index contributed by atoms with van der Waals surface area (Å²) in [5.41, 5.74) is 2.96. The van der Waals surface area contributed by atoms with Crippen LogP contribution in [0.15, 0.2) is 35.2 Å². The minimum absolute atomic E-state index is 0.0120. The molecule has 4 N–H and O–H groups in total. The Labute approximate surface area is 139 Å². The quantitative estimate of drug-likeness (QED) is 0.623. The summed E-state index contributed by atoms with van der Waals surface area (Å²) in [6.45, 7) is 4.15. The van der Waals surface area contributed by atoms with Crippen LogP contribution in [0.25, 0.3) is 17.1 Å². The number of nitrogens with zero attached hydrogens (tertiary/aromatic N) is 2. The molecule has 0 bridgehead atoms. The lowest BCUT2D eigenvalue weighted by molar-refractivity contribution is -0.115. The highest BCUT2D eigenvalue weighted by molar-refractivity contribution is 6.13. The molecule has 1 aromatic heterocycles. The highest BCUT2D eigenvalue weighted by Gasteiger charge is 2.22. The Bertz CT molecular complexity index is 806. The van der Waals surface area contributed by atoms with Crippen molar-refractivity contribution in [1.82, 2.24) is 20.6 Å². The highest BCUT2D eigenvalue weighted by atomic mass is 16.3. The van der Waals surface area contributed by atoms with Crippen LogP contribution < -0.4 is 10.6 Å². The average molecular weight is 327 g/mol. The summed E-state index contributed by atoms with van der Waals surface area (Å²) in [6.07, 6.45) is 4.14. The van der Waals surface area contributed by atoms with E-state index in [0.29, 0.717) is 17.6 Å². The molecule has 0 saturated heterocycles. The predicted octanol–water partition coefficient (Wildman–Crippen LogP) is 1.39. The largest absolute Gasteiger partial charge is 0.394 e. The number of aliphatic imine (C=N–C) groups is 1. The van der Waals surface area contributed by atoms with Gasteiger partial charge in [0.1, 0.15) is 5.70 Å². The van der Waals surface area contributed by atoms with E-state index < -0.39 is 0 Å². The number of hydrogen-bond donors (Lipinski definition) is 4. The monoisotopic (exact) mass is 327 g/mol. The Morgan fingerprint density at radius 3 is 2.96 bits per heavy atom. The second kappa shape index (κ2) is 6.84. The zero-order valence-corrected chi connectivity index (χ0v) is 13.7. The number of nitrogens with one attached hydrogen (secondary N) is 3. The van der Waals surface area contributed by atoms with Crippen molar-refractivity contribution in [2.75, 3.05) is 6.61 Å². The number of carbonyl (C=O) groups excluding carboxylic acids is 1. The lowest BCUT2D eigenvalue weighted by Gasteiger charge is -2.18. The van der Waals surface area contributed by atoms with Crippen LogP contribution in [0.1, 0.15) is 25.8 Å². The summed E-state index contributed by atoms with van der Waals surface area (Å²) < 4.78 is 0. The zero-order chi connectivity index (χ0) is 17.1. The van der Waals surface area contributed by atoms with Crippen molar-refractivity contribution in [2.45, 2.75) is 26.3 Å². The molecule has 1 amide bonds. The second-order valence-electron chi connectivity index (χ2n) is 6.28. The number of guanidine groups is 1. The van der Waals surface area contributed by atoms with Crippen LogP contribution in [0.4, 0.5) is 0 Å². The second-order valence-corrected chi connectivity index (χ2v) is 6.28. The van der Waals surface area contributed by atoms with E-state index in [0.717, 1.165) is 23.0 Å². The van der Waals surface area contributed by atoms with Gasteiger partial charge in [0.05, 0.1) is 30.0 Å². The van der Waals surface area contributed by atoms with Crippen molar-refractivity contribution in [3.8, 4) is 0 Å².